The molecule has 5 heteroatoms. The molecule has 0 aromatic heterocycles. The van der Waals surface area contributed by atoms with Crippen LogP contribution in [0.1, 0.15) is 35.7 Å². The van der Waals surface area contributed by atoms with Gasteiger partial charge in [0.05, 0.1) is 12.2 Å². The van der Waals surface area contributed by atoms with Gasteiger partial charge < -0.3 is 15.2 Å². The van der Waals surface area contributed by atoms with Gasteiger partial charge in [-0.05, 0) is 37.5 Å². The molecule has 0 saturated carbocycles. The van der Waals surface area contributed by atoms with E-state index in [0.717, 1.165) is 5.56 Å². The van der Waals surface area contributed by atoms with Gasteiger partial charge >= 0.3 is 5.97 Å². The minimum absolute atomic E-state index is 0.00485. The lowest BCUT2D eigenvalue weighted by Crippen LogP contribution is -2.37. The molecular weight excluding hydrogens is 318 g/mol. The first kappa shape index (κ1) is 18.5. The number of carbonyl (C=O) groups excluding carboxylic acids is 1. The fraction of sp³-hybridized carbons (Fsp3) is 0.300. The third kappa shape index (κ3) is 5.95. The average molecular weight is 341 g/mol. The van der Waals surface area contributed by atoms with Gasteiger partial charge in [0, 0.05) is 12.5 Å². The molecule has 132 valence electrons. The molecule has 0 aliphatic carbocycles. The summed E-state index contributed by atoms with van der Waals surface area (Å²) in [7, 11) is 0. The molecule has 5 nitrogen and oxygen atoms in total. The average Bonchev–Trinajstić information content (AvgIpc) is 2.61. The summed E-state index contributed by atoms with van der Waals surface area (Å²) >= 11 is 0. The summed E-state index contributed by atoms with van der Waals surface area (Å²) < 4.78 is 5.50. The van der Waals surface area contributed by atoms with E-state index in [0.29, 0.717) is 30.8 Å². The summed E-state index contributed by atoms with van der Waals surface area (Å²) in [6.45, 7) is 2.33. The molecule has 25 heavy (non-hydrogen) atoms. The molecule has 0 aliphatic rings. The number of hydrogen-bond acceptors (Lipinski definition) is 3. The van der Waals surface area contributed by atoms with Gasteiger partial charge in [-0.1, -0.05) is 42.5 Å². The van der Waals surface area contributed by atoms with Crippen LogP contribution in [0.25, 0.3) is 0 Å². The van der Waals surface area contributed by atoms with E-state index in [2.05, 4.69) is 5.32 Å². The molecule has 0 spiro atoms. The van der Waals surface area contributed by atoms with Gasteiger partial charge in [0.1, 0.15) is 5.75 Å². The number of nitrogens with one attached hydrogen (secondary N) is 1. The molecule has 0 bridgehead atoms. The second kappa shape index (κ2) is 9.47. The molecule has 0 saturated heterocycles. The molecule has 2 aromatic rings. The molecule has 0 heterocycles. The highest BCUT2D eigenvalue weighted by Crippen LogP contribution is 2.18. The van der Waals surface area contributed by atoms with Crippen LogP contribution >= 0.6 is 0 Å². The van der Waals surface area contributed by atoms with Crippen LogP contribution in [0.3, 0.4) is 0 Å². The number of benzene rings is 2. The minimum atomic E-state index is -0.873. The van der Waals surface area contributed by atoms with Gasteiger partial charge in [-0.25, -0.2) is 0 Å². The Morgan fingerprint density at radius 3 is 2.44 bits per heavy atom. The van der Waals surface area contributed by atoms with Gasteiger partial charge in [-0.3, -0.25) is 9.59 Å². The van der Waals surface area contributed by atoms with Crippen LogP contribution in [-0.2, 0) is 11.2 Å². The molecule has 2 rings (SSSR count). The number of ether oxygens (including phenoxy) is 1. The van der Waals surface area contributed by atoms with E-state index in [1.54, 1.807) is 18.2 Å². The summed E-state index contributed by atoms with van der Waals surface area (Å²) in [6.07, 6.45) is 0.953. The maximum atomic E-state index is 12.6. The predicted molar refractivity (Wildman–Crippen MR) is 95.9 cm³/mol. The number of rotatable bonds is 9. The fourth-order valence-electron chi connectivity index (χ4n) is 2.62. The van der Waals surface area contributed by atoms with Gasteiger partial charge in [0.15, 0.2) is 0 Å². The van der Waals surface area contributed by atoms with Crippen LogP contribution in [0.5, 0.6) is 5.75 Å². The largest absolute Gasteiger partial charge is 0.493 e. The van der Waals surface area contributed by atoms with Crippen LogP contribution in [0.2, 0.25) is 0 Å². The van der Waals surface area contributed by atoms with Crippen molar-refractivity contribution >= 4 is 11.9 Å². The number of carboxylic acid groups (broad SMARTS) is 1. The Bertz CT molecular complexity index is 700. The van der Waals surface area contributed by atoms with Crippen LogP contribution in [0, 0.1) is 0 Å². The van der Waals surface area contributed by atoms with E-state index >= 15 is 0 Å². The van der Waals surface area contributed by atoms with Gasteiger partial charge in [-0.2, -0.15) is 0 Å². The summed E-state index contributed by atoms with van der Waals surface area (Å²) in [4.78, 5) is 23.6. The zero-order chi connectivity index (χ0) is 18.1. The maximum Gasteiger partial charge on any atom is 0.303 e. The smallest absolute Gasteiger partial charge is 0.303 e. The highest BCUT2D eigenvalue weighted by Gasteiger charge is 2.18. The third-order valence-corrected chi connectivity index (χ3v) is 3.80. The van der Waals surface area contributed by atoms with Crippen molar-refractivity contribution in [1.29, 1.82) is 0 Å². The molecule has 1 atom stereocenters. The Kier molecular flexibility index (Phi) is 7.01. The topological polar surface area (TPSA) is 75.6 Å². The Morgan fingerprint density at radius 2 is 1.76 bits per heavy atom. The van der Waals surface area contributed by atoms with Crippen molar-refractivity contribution in [2.24, 2.45) is 0 Å². The van der Waals surface area contributed by atoms with E-state index in [9.17, 15) is 9.59 Å². The lowest BCUT2D eigenvalue weighted by molar-refractivity contribution is -0.137. The molecular formula is C20H23NO4. The highest BCUT2D eigenvalue weighted by molar-refractivity contribution is 5.97. The number of para-hydroxylation sites is 1. The molecule has 2 aromatic carbocycles. The zero-order valence-electron chi connectivity index (χ0n) is 14.3. The van der Waals surface area contributed by atoms with E-state index < -0.39 is 5.97 Å². The van der Waals surface area contributed by atoms with E-state index in [1.165, 1.54) is 0 Å². The van der Waals surface area contributed by atoms with Crippen molar-refractivity contribution in [2.45, 2.75) is 32.2 Å². The van der Waals surface area contributed by atoms with Crippen molar-refractivity contribution < 1.29 is 19.4 Å². The fourth-order valence-corrected chi connectivity index (χ4v) is 2.62. The Hall–Kier alpha value is -2.82. The van der Waals surface area contributed by atoms with Crippen molar-refractivity contribution in [3.05, 3.63) is 65.7 Å². The molecule has 0 fully saturated rings. The van der Waals surface area contributed by atoms with Crippen LogP contribution in [0.15, 0.2) is 54.6 Å². The van der Waals surface area contributed by atoms with Gasteiger partial charge in [0.25, 0.3) is 5.91 Å². The first-order chi connectivity index (χ1) is 12.1. The number of carboxylic acids is 1. The van der Waals surface area contributed by atoms with Gasteiger partial charge in [-0.15, -0.1) is 0 Å². The summed E-state index contributed by atoms with van der Waals surface area (Å²) in [5.41, 5.74) is 1.51. The number of carbonyl (C=O) groups is 2. The first-order valence-electron chi connectivity index (χ1n) is 8.38. The minimum Gasteiger partial charge on any atom is -0.493 e. The molecule has 1 unspecified atom stereocenters. The summed E-state index contributed by atoms with van der Waals surface area (Å²) in [6, 6.07) is 16.5. The standard InChI is InChI=1S/C20H23NO4/c1-2-25-18-11-7-6-10-17(18)20(24)21-16(12-13-19(22)23)14-15-8-4-3-5-9-15/h3-11,16H,2,12-14H2,1H3,(H,21,24)(H,22,23). The molecule has 2 N–H and O–H groups in total. The van der Waals surface area contributed by atoms with Crippen LogP contribution < -0.4 is 10.1 Å². The second-order valence-corrected chi connectivity index (χ2v) is 5.72. The summed E-state index contributed by atoms with van der Waals surface area (Å²) in [5, 5.41) is 11.9. The number of amides is 1. The number of hydrogen-bond donors (Lipinski definition) is 2. The maximum absolute atomic E-state index is 12.6. The quantitative estimate of drug-likeness (QED) is 0.734. The van der Waals surface area contributed by atoms with Gasteiger partial charge in [0.2, 0.25) is 0 Å². The van der Waals surface area contributed by atoms with Crippen molar-refractivity contribution in [2.75, 3.05) is 6.61 Å². The van der Waals surface area contributed by atoms with Crippen molar-refractivity contribution in [3.8, 4) is 5.75 Å². The van der Waals surface area contributed by atoms with E-state index in [-0.39, 0.29) is 18.4 Å². The Labute approximate surface area is 147 Å². The molecule has 0 aliphatic heterocycles. The Balaban J connectivity index is 2.12. The molecule has 0 radical (unpaired) electrons. The van der Waals surface area contributed by atoms with Crippen LogP contribution in [-0.4, -0.2) is 29.6 Å². The third-order valence-electron chi connectivity index (χ3n) is 3.80. The molecule has 1 amide bonds. The van der Waals surface area contributed by atoms with E-state index in [4.69, 9.17) is 9.84 Å². The van der Waals surface area contributed by atoms with Crippen molar-refractivity contribution in [3.63, 3.8) is 0 Å². The highest BCUT2D eigenvalue weighted by atomic mass is 16.5. The summed E-state index contributed by atoms with van der Waals surface area (Å²) in [5.74, 6) is -0.600. The normalized spacial score (nSPS) is 11.6. The van der Waals surface area contributed by atoms with Crippen molar-refractivity contribution in [1.82, 2.24) is 5.32 Å². The lowest BCUT2D eigenvalue weighted by Gasteiger charge is -2.19. The zero-order valence-corrected chi connectivity index (χ0v) is 14.3. The second-order valence-electron chi connectivity index (χ2n) is 5.72. The predicted octanol–water partition coefficient (Wildman–Crippen LogP) is 3.29. The van der Waals surface area contributed by atoms with E-state index in [1.807, 2.05) is 43.3 Å². The number of aliphatic carboxylic acids is 1. The van der Waals surface area contributed by atoms with Crippen LogP contribution in [0.4, 0.5) is 0 Å². The first-order valence-corrected chi connectivity index (χ1v) is 8.38. The monoisotopic (exact) mass is 341 g/mol. The Morgan fingerprint density at radius 1 is 1.08 bits per heavy atom. The lowest BCUT2D eigenvalue weighted by atomic mass is 10.0. The SMILES string of the molecule is CCOc1ccccc1C(=O)NC(CCC(=O)O)Cc1ccccc1.